The number of carbonyl (C=O) groups is 1. The summed E-state index contributed by atoms with van der Waals surface area (Å²) >= 11 is 0. The summed E-state index contributed by atoms with van der Waals surface area (Å²) in [6, 6.07) is 0. The van der Waals surface area contributed by atoms with Crippen molar-refractivity contribution >= 4 is 5.91 Å². The number of nitrogens with zero attached hydrogens (tertiary/aromatic N) is 1. The van der Waals surface area contributed by atoms with Crippen molar-refractivity contribution in [2.45, 2.75) is 91.5 Å². The highest BCUT2D eigenvalue weighted by atomic mass is 16.2. The molecule has 2 aliphatic rings. The van der Waals surface area contributed by atoms with E-state index in [1.807, 2.05) is 6.92 Å². The zero-order chi connectivity index (χ0) is 18.0. The van der Waals surface area contributed by atoms with Crippen molar-refractivity contribution in [1.82, 2.24) is 4.90 Å². The summed E-state index contributed by atoms with van der Waals surface area (Å²) in [6.07, 6.45) is 12.4. The minimum absolute atomic E-state index is 0.0565. The van der Waals surface area contributed by atoms with Gasteiger partial charge in [-0.2, -0.15) is 0 Å². The van der Waals surface area contributed by atoms with Crippen LogP contribution in [0, 0.1) is 11.3 Å². The minimum Gasteiger partial charge on any atom is -0.333 e. The molecule has 1 heterocycles. The number of hydrogen-bond donors (Lipinski definition) is 0. The summed E-state index contributed by atoms with van der Waals surface area (Å²) in [7, 11) is 0. The maximum atomic E-state index is 13.3. The van der Waals surface area contributed by atoms with Crippen LogP contribution in [0.1, 0.15) is 86.0 Å². The summed E-state index contributed by atoms with van der Waals surface area (Å²) in [5, 5.41) is 0. The number of rotatable bonds is 4. The molecular weight excluding hydrogens is 294 g/mol. The first kappa shape index (κ1) is 19.3. The smallest absolute Gasteiger partial charge is 0.250 e. The second-order valence-electron chi connectivity index (χ2n) is 8.96. The van der Waals surface area contributed by atoms with E-state index >= 15 is 0 Å². The maximum Gasteiger partial charge on any atom is 0.250 e. The van der Waals surface area contributed by atoms with Gasteiger partial charge in [-0.05, 0) is 46.0 Å². The molecule has 0 spiro atoms. The van der Waals surface area contributed by atoms with E-state index in [-0.39, 0.29) is 16.9 Å². The lowest BCUT2D eigenvalue weighted by Gasteiger charge is -2.48. The molecule has 0 aromatic heterocycles. The summed E-state index contributed by atoms with van der Waals surface area (Å²) < 4.78 is 0. The van der Waals surface area contributed by atoms with Crippen LogP contribution in [0.4, 0.5) is 0 Å². The van der Waals surface area contributed by atoms with E-state index in [1.165, 1.54) is 44.9 Å². The van der Waals surface area contributed by atoms with Crippen molar-refractivity contribution < 1.29 is 4.79 Å². The van der Waals surface area contributed by atoms with Gasteiger partial charge in [-0.3, -0.25) is 4.79 Å². The van der Waals surface area contributed by atoms with Crippen LogP contribution in [0.15, 0.2) is 23.8 Å². The minimum atomic E-state index is -0.243. The second kappa shape index (κ2) is 7.45. The molecular formula is C22H37NO. The van der Waals surface area contributed by atoms with E-state index < -0.39 is 0 Å². The highest BCUT2D eigenvalue weighted by Gasteiger charge is 2.42. The largest absolute Gasteiger partial charge is 0.333 e. The molecule has 0 radical (unpaired) electrons. The van der Waals surface area contributed by atoms with Gasteiger partial charge < -0.3 is 4.90 Å². The van der Waals surface area contributed by atoms with Crippen molar-refractivity contribution in [2.24, 2.45) is 11.3 Å². The molecule has 0 bridgehead atoms. The first-order valence-corrected chi connectivity index (χ1v) is 9.87. The van der Waals surface area contributed by atoms with Crippen LogP contribution in [0.3, 0.4) is 0 Å². The Morgan fingerprint density at radius 3 is 2.17 bits per heavy atom. The van der Waals surface area contributed by atoms with Crippen LogP contribution in [0.2, 0.25) is 0 Å². The molecule has 0 saturated heterocycles. The number of allylic oxidation sites excluding steroid dienone is 1. The van der Waals surface area contributed by atoms with E-state index in [2.05, 4.69) is 45.2 Å². The van der Waals surface area contributed by atoms with Crippen LogP contribution in [0.25, 0.3) is 0 Å². The Morgan fingerprint density at radius 1 is 1.08 bits per heavy atom. The lowest BCUT2D eigenvalue weighted by atomic mass is 9.73. The summed E-state index contributed by atoms with van der Waals surface area (Å²) in [5.41, 5.74) is 1.71. The first-order valence-electron chi connectivity index (χ1n) is 9.87. The van der Waals surface area contributed by atoms with Gasteiger partial charge >= 0.3 is 0 Å². The Balaban J connectivity index is 2.22. The Morgan fingerprint density at radius 2 is 1.62 bits per heavy atom. The van der Waals surface area contributed by atoms with E-state index in [0.717, 1.165) is 24.1 Å². The van der Waals surface area contributed by atoms with Gasteiger partial charge in [-0.1, -0.05) is 64.2 Å². The van der Waals surface area contributed by atoms with Crippen molar-refractivity contribution in [2.75, 3.05) is 6.54 Å². The van der Waals surface area contributed by atoms with Gasteiger partial charge in [-0.15, -0.1) is 0 Å². The van der Waals surface area contributed by atoms with Crippen molar-refractivity contribution in [3.8, 4) is 0 Å². The molecule has 1 aliphatic carbocycles. The third-order valence-corrected chi connectivity index (χ3v) is 6.72. The highest BCUT2D eigenvalue weighted by molar-refractivity contribution is 5.96. The predicted octanol–water partition coefficient (Wildman–Crippen LogP) is 5.89. The Bertz CT molecular complexity index is 504. The summed E-state index contributed by atoms with van der Waals surface area (Å²) in [6.45, 7) is 15.9. The van der Waals surface area contributed by atoms with Crippen molar-refractivity contribution in [3.63, 3.8) is 0 Å². The maximum absolute atomic E-state index is 13.3. The monoisotopic (exact) mass is 331 g/mol. The lowest BCUT2D eigenvalue weighted by molar-refractivity contribution is -0.136. The Kier molecular flexibility index (Phi) is 5.99. The van der Waals surface area contributed by atoms with E-state index in [9.17, 15) is 4.79 Å². The van der Waals surface area contributed by atoms with Crippen LogP contribution in [-0.2, 0) is 4.79 Å². The zero-order valence-electron chi connectivity index (χ0n) is 16.6. The third kappa shape index (κ3) is 3.78. The normalized spacial score (nSPS) is 22.0. The Hall–Kier alpha value is -1.05. The molecule has 0 atom stereocenters. The molecule has 136 valence electrons. The number of amides is 1. The molecule has 1 saturated carbocycles. The topological polar surface area (TPSA) is 20.3 Å². The lowest BCUT2D eigenvalue weighted by Crippen LogP contribution is -2.55. The van der Waals surface area contributed by atoms with Gasteiger partial charge in [0.1, 0.15) is 0 Å². The number of carbonyl (C=O) groups excluding carboxylic acids is 1. The van der Waals surface area contributed by atoms with Crippen LogP contribution >= 0.6 is 0 Å². The molecule has 1 amide bonds. The van der Waals surface area contributed by atoms with Gasteiger partial charge in [0.2, 0.25) is 0 Å². The standard InChI is InChI=1S/C22H37NO/c1-17(2)21(3,4)19-15-12-16-23(20(19)24)22(5,6)18-13-10-8-7-9-11-14-18/h15,18H,1,7-14,16H2,2-6H3. The fourth-order valence-electron chi connectivity index (χ4n) is 4.36. The average Bonchev–Trinajstić information content (AvgIpc) is 2.45. The first-order chi connectivity index (χ1) is 11.2. The Labute approximate surface area is 149 Å². The van der Waals surface area contributed by atoms with E-state index in [4.69, 9.17) is 0 Å². The molecule has 1 aliphatic heterocycles. The summed E-state index contributed by atoms with van der Waals surface area (Å²) in [4.78, 5) is 15.5. The molecule has 1 fully saturated rings. The second-order valence-corrected chi connectivity index (χ2v) is 8.96. The molecule has 0 aromatic rings. The quantitative estimate of drug-likeness (QED) is 0.588. The van der Waals surface area contributed by atoms with Gasteiger partial charge in [0.05, 0.1) is 0 Å². The van der Waals surface area contributed by atoms with Gasteiger partial charge in [0.25, 0.3) is 5.91 Å². The fourth-order valence-corrected chi connectivity index (χ4v) is 4.36. The highest BCUT2D eigenvalue weighted by Crippen LogP contribution is 2.41. The molecule has 0 aromatic carbocycles. The van der Waals surface area contributed by atoms with E-state index in [0.29, 0.717) is 5.92 Å². The molecule has 2 heteroatoms. The van der Waals surface area contributed by atoms with Gasteiger partial charge in [-0.25, -0.2) is 0 Å². The number of hydrogen-bond acceptors (Lipinski definition) is 1. The third-order valence-electron chi connectivity index (χ3n) is 6.72. The molecule has 24 heavy (non-hydrogen) atoms. The SMILES string of the molecule is C=C(C)C(C)(C)C1=CCCN(C(C)(C)C2CCCCCCC2)C1=O. The van der Waals surface area contributed by atoms with Crippen molar-refractivity contribution in [3.05, 3.63) is 23.8 Å². The van der Waals surface area contributed by atoms with Crippen LogP contribution in [-0.4, -0.2) is 22.9 Å². The van der Waals surface area contributed by atoms with Crippen molar-refractivity contribution in [1.29, 1.82) is 0 Å². The predicted molar refractivity (Wildman–Crippen MR) is 103 cm³/mol. The molecule has 0 unspecified atom stereocenters. The summed E-state index contributed by atoms with van der Waals surface area (Å²) in [5.74, 6) is 0.857. The average molecular weight is 332 g/mol. The zero-order valence-corrected chi connectivity index (χ0v) is 16.6. The van der Waals surface area contributed by atoms with Gasteiger partial charge in [0.15, 0.2) is 0 Å². The fraction of sp³-hybridized carbons (Fsp3) is 0.773. The molecule has 0 N–H and O–H groups in total. The van der Waals surface area contributed by atoms with Crippen LogP contribution in [0.5, 0.6) is 0 Å². The van der Waals surface area contributed by atoms with E-state index in [1.54, 1.807) is 0 Å². The molecule has 2 rings (SSSR count). The van der Waals surface area contributed by atoms with Crippen LogP contribution < -0.4 is 0 Å². The van der Waals surface area contributed by atoms with Gasteiger partial charge in [0, 0.05) is 23.1 Å². The molecule has 2 nitrogen and oxygen atoms in total.